The maximum Gasteiger partial charge on any atom is 0.240 e. The standard InChI is InChI=1S/C20H21N3O/c1-2-14-21-20(24)15-23-18-11-7-6-10-17(18)22-19(23)13-12-16-8-4-3-5-9-16/h3-13H,2,14-15H2,1H3,(H,21,24). The Morgan fingerprint density at radius 1 is 1.08 bits per heavy atom. The minimum atomic E-state index is 0.00867. The Hall–Kier alpha value is -2.88. The Balaban J connectivity index is 1.93. The van der Waals surface area contributed by atoms with Crippen LogP contribution in [0.4, 0.5) is 0 Å². The van der Waals surface area contributed by atoms with Gasteiger partial charge in [0.15, 0.2) is 0 Å². The van der Waals surface area contributed by atoms with Gasteiger partial charge in [-0.1, -0.05) is 55.5 Å². The van der Waals surface area contributed by atoms with Crippen molar-refractivity contribution in [1.29, 1.82) is 0 Å². The van der Waals surface area contributed by atoms with Crippen LogP contribution in [0.25, 0.3) is 23.2 Å². The molecule has 1 amide bonds. The van der Waals surface area contributed by atoms with Crippen LogP contribution in [0.3, 0.4) is 0 Å². The summed E-state index contributed by atoms with van der Waals surface area (Å²) in [5.74, 6) is 0.793. The normalized spacial score (nSPS) is 11.2. The summed E-state index contributed by atoms with van der Waals surface area (Å²) in [5.41, 5.74) is 2.97. The maximum absolute atomic E-state index is 12.2. The number of amides is 1. The van der Waals surface area contributed by atoms with Crippen molar-refractivity contribution in [1.82, 2.24) is 14.9 Å². The number of hydrogen-bond acceptors (Lipinski definition) is 2. The van der Waals surface area contributed by atoms with Gasteiger partial charge < -0.3 is 9.88 Å². The molecule has 1 N–H and O–H groups in total. The van der Waals surface area contributed by atoms with Crippen molar-refractivity contribution < 1.29 is 4.79 Å². The third kappa shape index (κ3) is 3.71. The van der Waals surface area contributed by atoms with Gasteiger partial charge in [-0.15, -0.1) is 0 Å². The Bertz CT molecular complexity index is 850. The van der Waals surface area contributed by atoms with Crippen LogP contribution in [-0.4, -0.2) is 22.0 Å². The number of nitrogens with zero attached hydrogens (tertiary/aromatic N) is 2. The zero-order chi connectivity index (χ0) is 16.8. The molecule has 0 fully saturated rings. The van der Waals surface area contributed by atoms with E-state index in [0.717, 1.165) is 28.8 Å². The monoisotopic (exact) mass is 319 g/mol. The van der Waals surface area contributed by atoms with Gasteiger partial charge in [0.1, 0.15) is 12.4 Å². The quantitative estimate of drug-likeness (QED) is 0.752. The van der Waals surface area contributed by atoms with E-state index in [1.54, 1.807) is 0 Å². The largest absolute Gasteiger partial charge is 0.355 e. The van der Waals surface area contributed by atoms with E-state index in [2.05, 4.69) is 10.3 Å². The highest BCUT2D eigenvalue weighted by atomic mass is 16.1. The number of rotatable bonds is 6. The lowest BCUT2D eigenvalue weighted by Crippen LogP contribution is -2.28. The summed E-state index contributed by atoms with van der Waals surface area (Å²) in [5, 5.41) is 2.92. The van der Waals surface area contributed by atoms with E-state index in [-0.39, 0.29) is 12.5 Å². The van der Waals surface area contributed by atoms with Crippen LogP contribution < -0.4 is 5.32 Å². The van der Waals surface area contributed by atoms with Crippen LogP contribution in [0.1, 0.15) is 24.7 Å². The summed E-state index contributed by atoms with van der Waals surface area (Å²) < 4.78 is 1.96. The smallest absolute Gasteiger partial charge is 0.240 e. The molecular weight excluding hydrogens is 298 g/mol. The highest BCUT2D eigenvalue weighted by Crippen LogP contribution is 2.18. The fourth-order valence-electron chi connectivity index (χ4n) is 2.59. The first-order chi connectivity index (χ1) is 11.8. The van der Waals surface area contributed by atoms with Crippen LogP contribution in [0.5, 0.6) is 0 Å². The highest BCUT2D eigenvalue weighted by Gasteiger charge is 2.11. The number of hydrogen-bond donors (Lipinski definition) is 1. The number of fused-ring (bicyclic) bond motifs is 1. The molecule has 0 radical (unpaired) electrons. The molecule has 0 saturated carbocycles. The summed E-state index contributed by atoms with van der Waals surface area (Å²) >= 11 is 0. The number of aromatic nitrogens is 2. The van der Waals surface area contributed by atoms with Crippen molar-refractivity contribution in [2.75, 3.05) is 6.54 Å². The van der Waals surface area contributed by atoms with Gasteiger partial charge >= 0.3 is 0 Å². The molecular formula is C20H21N3O. The molecule has 2 aromatic carbocycles. The summed E-state index contributed by atoms with van der Waals surface area (Å²) in [6, 6.07) is 18.0. The summed E-state index contributed by atoms with van der Waals surface area (Å²) in [6.45, 7) is 3.01. The number of carbonyl (C=O) groups excluding carboxylic acids is 1. The zero-order valence-electron chi connectivity index (χ0n) is 13.8. The number of para-hydroxylation sites is 2. The van der Waals surface area contributed by atoms with Crippen molar-refractivity contribution in [2.45, 2.75) is 19.9 Å². The Morgan fingerprint density at radius 2 is 1.83 bits per heavy atom. The maximum atomic E-state index is 12.2. The van der Waals surface area contributed by atoms with E-state index in [9.17, 15) is 4.79 Å². The fraction of sp³-hybridized carbons (Fsp3) is 0.200. The number of nitrogens with one attached hydrogen (secondary N) is 1. The topological polar surface area (TPSA) is 46.9 Å². The van der Waals surface area contributed by atoms with Crippen molar-refractivity contribution in [2.24, 2.45) is 0 Å². The van der Waals surface area contributed by atoms with Crippen molar-refractivity contribution in [3.05, 3.63) is 66.0 Å². The Kier molecular flexibility index (Phi) is 5.06. The predicted molar refractivity (Wildman–Crippen MR) is 98.4 cm³/mol. The van der Waals surface area contributed by atoms with Gasteiger partial charge in [-0.25, -0.2) is 4.98 Å². The molecule has 122 valence electrons. The number of benzene rings is 2. The molecule has 3 rings (SSSR count). The van der Waals surface area contributed by atoms with Gasteiger partial charge in [0.05, 0.1) is 11.0 Å². The molecule has 0 unspecified atom stereocenters. The van der Waals surface area contributed by atoms with E-state index in [0.29, 0.717) is 6.54 Å². The van der Waals surface area contributed by atoms with Crippen LogP contribution in [-0.2, 0) is 11.3 Å². The fourth-order valence-corrected chi connectivity index (χ4v) is 2.59. The SMILES string of the molecule is CCCNC(=O)Cn1c(C=Cc2ccccc2)nc2ccccc21. The van der Waals surface area contributed by atoms with E-state index in [1.165, 1.54) is 0 Å². The average Bonchev–Trinajstić information content (AvgIpc) is 2.97. The Labute approximate surface area is 141 Å². The lowest BCUT2D eigenvalue weighted by Gasteiger charge is -2.07. The van der Waals surface area contributed by atoms with Crippen LogP contribution in [0.2, 0.25) is 0 Å². The summed E-state index contributed by atoms with van der Waals surface area (Å²) in [6.07, 6.45) is 4.90. The summed E-state index contributed by atoms with van der Waals surface area (Å²) in [4.78, 5) is 16.8. The van der Waals surface area contributed by atoms with Crippen molar-refractivity contribution in [3.8, 4) is 0 Å². The second-order valence-corrected chi connectivity index (χ2v) is 5.64. The lowest BCUT2D eigenvalue weighted by atomic mass is 10.2. The first kappa shape index (κ1) is 16.0. The predicted octanol–water partition coefficient (Wildman–Crippen LogP) is 3.73. The van der Waals surface area contributed by atoms with E-state index in [4.69, 9.17) is 0 Å². The molecule has 0 aliphatic rings. The molecule has 4 nitrogen and oxygen atoms in total. The minimum absolute atomic E-state index is 0.00867. The average molecular weight is 319 g/mol. The number of carbonyl (C=O) groups is 1. The second kappa shape index (κ2) is 7.59. The first-order valence-electron chi connectivity index (χ1n) is 8.23. The van der Waals surface area contributed by atoms with Gasteiger partial charge in [-0.05, 0) is 30.2 Å². The molecule has 1 aromatic heterocycles. The molecule has 0 bridgehead atoms. The molecule has 4 heteroatoms. The third-order valence-electron chi connectivity index (χ3n) is 3.78. The van der Waals surface area contributed by atoms with E-state index >= 15 is 0 Å². The van der Waals surface area contributed by atoms with Crippen molar-refractivity contribution in [3.63, 3.8) is 0 Å². The van der Waals surface area contributed by atoms with Crippen LogP contribution >= 0.6 is 0 Å². The molecule has 24 heavy (non-hydrogen) atoms. The minimum Gasteiger partial charge on any atom is -0.355 e. The molecule has 0 spiro atoms. The lowest BCUT2D eigenvalue weighted by molar-refractivity contribution is -0.121. The van der Waals surface area contributed by atoms with Gasteiger partial charge in [0.25, 0.3) is 0 Å². The van der Waals surface area contributed by atoms with E-state index < -0.39 is 0 Å². The van der Waals surface area contributed by atoms with Gasteiger partial charge in [-0.3, -0.25) is 4.79 Å². The van der Waals surface area contributed by atoms with Crippen LogP contribution in [0.15, 0.2) is 54.6 Å². The molecule has 0 saturated heterocycles. The summed E-state index contributed by atoms with van der Waals surface area (Å²) in [7, 11) is 0. The van der Waals surface area contributed by atoms with Gasteiger partial charge in [0, 0.05) is 6.54 Å². The first-order valence-corrected chi connectivity index (χ1v) is 8.23. The van der Waals surface area contributed by atoms with Crippen molar-refractivity contribution >= 4 is 29.1 Å². The molecule has 0 aliphatic carbocycles. The number of imidazole rings is 1. The highest BCUT2D eigenvalue weighted by molar-refractivity contribution is 5.83. The van der Waals surface area contributed by atoms with Gasteiger partial charge in [0.2, 0.25) is 5.91 Å². The third-order valence-corrected chi connectivity index (χ3v) is 3.78. The second-order valence-electron chi connectivity index (χ2n) is 5.64. The molecule has 1 heterocycles. The molecule has 3 aromatic rings. The zero-order valence-corrected chi connectivity index (χ0v) is 13.8. The molecule has 0 atom stereocenters. The van der Waals surface area contributed by atoms with E-state index in [1.807, 2.05) is 78.2 Å². The van der Waals surface area contributed by atoms with Crippen LogP contribution in [0, 0.1) is 0 Å². The Morgan fingerprint density at radius 3 is 2.62 bits per heavy atom. The molecule has 0 aliphatic heterocycles. The van der Waals surface area contributed by atoms with Gasteiger partial charge in [-0.2, -0.15) is 0 Å².